The number of aromatic amines is 1. The summed E-state index contributed by atoms with van der Waals surface area (Å²) in [7, 11) is 0. The first-order chi connectivity index (χ1) is 5.86. The van der Waals surface area contributed by atoms with Crippen molar-refractivity contribution in [2.75, 3.05) is 0 Å². The molecule has 2 heterocycles. The van der Waals surface area contributed by atoms with Crippen LogP contribution in [0.15, 0.2) is 24.7 Å². The van der Waals surface area contributed by atoms with Crippen molar-refractivity contribution in [2.45, 2.75) is 0 Å². The van der Waals surface area contributed by atoms with Crippen LogP contribution in [0.3, 0.4) is 0 Å². The maximum atomic E-state index is 5.57. The van der Waals surface area contributed by atoms with Gasteiger partial charge in [-0.3, -0.25) is 0 Å². The van der Waals surface area contributed by atoms with E-state index in [-0.39, 0.29) is 5.28 Å². The van der Waals surface area contributed by atoms with Crippen molar-refractivity contribution in [3.8, 4) is 11.3 Å². The van der Waals surface area contributed by atoms with Gasteiger partial charge < -0.3 is 4.98 Å². The zero-order chi connectivity index (χ0) is 8.39. The summed E-state index contributed by atoms with van der Waals surface area (Å²) in [6, 6.07) is 1.89. The smallest absolute Gasteiger partial charge is 0.243 e. The third kappa shape index (κ3) is 1.29. The van der Waals surface area contributed by atoms with E-state index in [1.54, 1.807) is 6.20 Å². The van der Waals surface area contributed by atoms with E-state index < -0.39 is 0 Å². The standard InChI is InChI=1S/C7H5ClN4/c8-7-11-6(4-10-12-7)5-1-2-9-3-5/h1-4,9H. The second-order valence-corrected chi connectivity index (χ2v) is 2.55. The highest BCUT2D eigenvalue weighted by atomic mass is 35.5. The maximum Gasteiger partial charge on any atom is 0.243 e. The first-order valence-corrected chi connectivity index (χ1v) is 3.72. The molecule has 0 bridgehead atoms. The lowest BCUT2D eigenvalue weighted by molar-refractivity contribution is 0.975. The van der Waals surface area contributed by atoms with Crippen LogP contribution < -0.4 is 0 Å². The van der Waals surface area contributed by atoms with Crippen LogP contribution in [0.4, 0.5) is 0 Å². The van der Waals surface area contributed by atoms with Gasteiger partial charge in [-0.15, -0.1) is 5.10 Å². The van der Waals surface area contributed by atoms with Crippen LogP contribution in [0.2, 0.25) is 5.28 Å². The Balaban J connectivity index is 2.48. The van der Waals surface area contributed by atoms with E-state index in [1.807, 2.05) is 18.5 Å². The SMILES string of the molecule is Clc1nncc(-c2cc[nH]c2)n1. The Kier molecular flexibility index (Phi) is 1.75. The predicted octanol–water partition coefficient (Wildman–Crippen LogP) is 1.52. The molecular formula is C7H5ClN4. The molecular weight excluding hydrogens is 176 g/mol. The zero-order valence-corrected chi connectivity index (χ0v) is 6.78. The molecule has 2 rings (SSSR count). The molecule has 0 amide bonds. The number of H-pyrrole nitrogens is 1. The summed E-state index contributed by atoms with van der Waals surface area (Å²) in [6.07, 6.45) is 5.20. The molecule has 0 fully saturated rings. The van der Waals surface area contributed by atoms with E-state index in [0.717, 1.165) is 11.3 Å². The van der Waals surface area contributed by atoms with Crippen molar-refractivity contribution in [1.29, 1.82) is 0 Å². The molecule has 4 nitrogen and oxygen atoms in total. The molecule has 2 aromatic rings. The van der Waals surface area contributed by atoms with Gasteiger partial charge in [-0.2, -0.15) is 5.10 Å². The fourth-order valence-corrected chi connectivity index (χ4v) is 1.04. The molecule has 2 aromatic heterocycles. The Morgan fingerprint density at radius 3 is 3.00 bits per heavy atom. The molecule has 5 heteroatoms. The fourth-order valence-electron chi connectivity index (χ4n) is 0.904. The minimum absolute atomic E-state index is 0.161. The van der Waals surface area contributed by atoms with Crippen LogP contribution in [-0.4, -0.2) is 20.2 Å². The Morgan fingerprint density at radius 2 is 2.33 bits per heavy atom. The third-order valence-corrected chi connectivity index (χ3v) is 1.59. The summed E-state index contributed by atoms with van der Waals surface area (Å²) >= 11 is 5.57. The van der Waals surface area contributed by atoms with Crippen LogP contribution in [0.5, 0.6) is 0 Å². The van der Waals surface area contributed by atoms with Gasteiger partial charge in [-0.25, -0.2) is 4.98 Å². The number of aromatic nitrogens is 4. The summed E-state index contributed by atoms with van der Waals surface area (Å²) in [6.45, 7) is 0. The molecule has 0 aliphatic rings. The Labute approximate surface area is 73.6 Å². The van der Waals surface area contributed by atoms with Crippen molar-refractivity contribution in [2.24, 2.45) is 0 Å². The summed E-state index contributed by atoms with van der Waals surface area (Å²) < 4.78 is 0. The maximum absolute atomic E-state index is 5.57. The van der Waals surface area contributed by atoms with E-state index in [9.17, 15) is 0 Å². The number of hydrogen-bond donors (Lipinski definition) is 1. The molecule has 0 aromatic carbocycles. The van der Waals surface area contributed by atoms with Gasteiger partial charge in [0.25, 0.3) is 0 Å². The van der Waals surface area contributed by atoms with E-state index >= 15 is 0 Å². The Morgan fingerprint density at radius 1 is 1.42 bits per heavy atom. The van der Waals surface area contributed by atoms with Gasteiger partial charge >= 0.3 is 0 Å². The predicted molar refractivity (Wildman–Crippen MR) is 44.6 cm³/mol. The molecule has 12 heavy (non-hydrogen) atoms. The first-order valence-electron chi connectivity index (χ1n) is 3.34. The fraction of sp³-hybridized carbons (Fsp3) is 0. The van der Waals surface area contributed by atoms with Gasteiger partial charge in [0.1, 0.15) is 0 Å². The highest BCUT2D eigenvalue weighted by molar-refractivity contribution is 6.28. The second kappa shape index (κ2) is 2.91. The molecule has 0 unspecified atom stereocenters. The third-order valence-electron chi connectivity index (χ3n) is 1.43. The molecule has 0 atom stereocenters. The van der Waals surface area contributed by atoms with Crippen LogP contribution >= 0.6 is 11.6 Å². The van der Waals surface area contributed by atoms with Crippen molar-refractivity contribution in [1.82, 2.24) is 20.2 Å². The minimum atomic E-state index is 0.161. The normalized spacial score (nSPS) is 10.1. The molecule has 0 saturated carbocycles. The lowest BCUT2D eigenvalue weighted by Gasteiger charge is -1.93. The highest BCUT2D eigenvalue weighted by Gasteiger charge is 2.00. The summed E-state index contributed by atoms with van der Waals surface area (Å²) in [4.78, 5) is 6.90. The number of nitrogens with zero attached hydrogens (tertiary/aromatic N) is 3. The van der Waals surface area contributed by atoms with Crippen LogP contribution in [0.1, 0.15) is 0 Å². The van der Waals surface area contributed by atoms with Crippen molar-refractivity contribution in [3.63, 3.8) is 0 Å². The number of rotatable bonds is 1. The molecule has 0 spiro atoms. The van der Waals surface area contributed by atoms with E-state index in [1.165, 1.54) is 0 Å². The van der Waals surface area contributed by atoms with Crippen LogP contribution in [-0.2, 0) is 0 Å². The average molecular weight is 181 g/mol. The average Bonchev–Trinajstić information content (AvgIpc) is 2.56. The lowest BCUT2D eigenvalue weighted by atomic mass is 10.3. The number of hydrogen-bond acceptors (Lipinski definition) is 3. The van der Waals surface area contributed by atoms with Gasteiger partial charge in [0.05, 0.1) is 11.9 Å². The molecule has 0 aliphatic carbocycles. The Bertz CT molecular complexity index is 371. The second-order valence-electron chi connectivity index (χ2n) is 2.21. The quantitative estimate of drug-likeness (QED) is 0.724. The molecule has 60 valence electrons. The first kappa shape index (κ1) is 7.24. The number of halogens is 1. The largest absolute Gasteiger partial charge is 0.367 e. The topological polar surface area (TPSA) is 54.5 Å². The highest BCUT2D eigenvalue weighted by Crippen LogP contribution is 2.14. The summed E-state index contributed by atoms with van der Waals surface area (Å²) in [5, 5.41) is 7.39. The molecule has 1 N–H and O–H groups in total. The van der Waals surface area contributed by atoms with E-state index in [4.69, 9.17) is 11.6 Å². The summed E-state index contributed by atoms with van der Waals surface area (Å²) in [5.74, 6) is 0. The monoisotopic (exact) mass is 180 g/mol. The van der Waals surface area contributed by atoms with E-state index in [0.29, 0.717) is 0 Å². The van der Waals surface area contributed by atoms with Crippen molar-refractivity contribution in [3.05, 3.63) is 29.9 Å². The molecule has 0 saturated heterocycles. The molecule has 0 aliphatic heterocycles. The van der Waals surface area contributed by atoms with Crippen molar-refractivity contribution >= 4 is 11.6 Å². The van der Waals surface area contributed by atoms with Gasteiger partial charge in [0, 0.05) is 18.0 Å². The van der Waals surface area contributed by atoms with Gasteiger partial charge in [0.15, 0.2) is 0 Å². The van der Waals surface area contributed by atoms with Crippen molar-refractivity contribution < 1.29 is 0 Å². The summed E-state index contributed by atoms with van der Waals surface area (Å²) in [5.41, 5.74) is 1.67. The lowest BCUT2D eigenvalue weighted by Crippen LogP contribution is -1.88. The number of nitrogens with one attached hydrogen (secondary N) is 1. The van der Waals surface area contributed by atoms with Crippen LogP contribution in [0.25, 0.3) is 11.3 Å². The van der Waals surface area contributed by atoms with E-state index in [2.05, 4.69) is 20.2 Å². The van der Waals surface area contributed by atoms with Crippen LogP contribution in [0, 0.1) is 0 Å². The van der Waals surface area contributed by atoms with Gasteiger partial charge in [-0.1, -0.05) is 0 Å². The van der Waals surface area contributed by atoms with Gasteiger partial charge in [-0.05, 0) is 17.7 Å². The molecule has 0 radical (unpaired) electrons. The van der Waals surface area contributed by atoms with Gasteiger partial charge in [0.2, 0.25) is 5.28 Å². The zero-order valence-electron chi connectivity index (χ0n) is 6.03. The Hall–Kier alpha value is -1.42. The minimum Gasteiger partial charge on any atom is -0.367 e.